The van der Waals surface area contributed by atoms with Gasteiger partial charge in [0.15, 0.2) is 10.8 Å². The molecule has 3 aromatic heterocycles. The van der Waals surface area contributed by atoms with Gasteiger partial charge in [-0.25, -0.2) is 0 Å². The number of nitrogens with one attached hydrogen (secondary N) is 1. The number of hydrogen-bond donors (Lipinski definition) is 1. The van der Waals surface area contributed by atoms with Gasteiger partial charge < -0.3 is 4.42 Å². The van der Waals surface area contributed by atoms with Gasteiger partial charge in [0.2, 0.25) is 11.8 Å². The molecule has 140 valence electrons. The predicted molar refractivity (Wildman–Crippen MR) is 107 cm³/mol. The lowest BCUT2D eigenvalue weighted by molar-refractivity contribution is -0.113. The topological polar surface area (TPSA) is 96.2 Å². The van der Waals surface area contributed by atoms with Crippen LogP contribution in [-0.4, -0.2) is 26.3 Å². The number of thioether (sulfide) groups is 1. The van der Waals surface area contributed by atoms with Crippen LogP contribution < -0.4 is 5.32 Å². The quantitative estimate of drug-likeness (QED) is 0.528. The van der Waals surface area contributed by atoms with Gasteiger partial charge in [-0.2, -0.15) is 5.26 Å². The van der Waals surface area contributed by atoms with Crippen molar-refractivity contribution in [2.75, 3.05) is 11.1 Å². The van der Waals surface area contributed by atoms with Crippen molar-refractivity contribution in [2.45, 2.75) is 25.9 Å². The monoisotopic (exact) mass is 391 g/mol. The van der Waals surface area contributed by atoms with E-state index < -0.39 is 0 Å². The number of nitriles is 1. The van der Waals surface area contributed by atoms with E-state index in [0.29, 0.717) is 16.5 Å². The van der Waals surface area contributed by atoms with Crippen molar-refractivity contribution in [3.8, 4) is 6.07 Å². The summed E-state index contributed by atoms with van der Waals surface area (Å²) in [6.07, 6.45) is 0. The molecular formula is C20H17N5O2S. The van der Waals surface area contributed by atoms with E-state index in [1.54, 1.807) is 13.8 Å². The van der Waals surface area contributed by atoms with E-state index in [0.717, 1.165) is 27.7 Å². The second-order valence-corrected chi connectivity index (χ2v) is 7.40. The first-order valence-corrected chi connectivity index (χ1v) is 9.64. The predicted octanol–water partition coefficient (Wildman–Crippen LogP) is 4.00. The third-order valence-electron chi connectivity index (χ3n) is 4.66. The summed E-state index contributed by atoms with van der Waals surface area (Å²) < 4.78 is 7.43. The number of rotatable bonds is 4. The molecule has 1 N–H and O–H groups in total. The molecule has 0 bridgehead atoms. The molecule has 0 atom stereocenters. The molecule has 28 heavy (non-hydrogen) atoms. The molecule has 0 aliphatic rings. The maximum absolute atomic E-state index is 12.4. The number of nitrogens with zero attached hydrogens (tertiary/aromatic N) is 4. The zero-order chi connectivity index (χ0) is 19.8. The SMILES string of the molecule is Cc1oc(NC(=O)CSc2nnc3cc(C)c4ccccc4n23)c(C#N)c1C. The molecule has 0 fully saturated rings. The lowest BCUT2D eigenvalue weighted by Crippen LogP contribution is -2.14. The van der Waals surface area contributed by atoms with E-state index >= 15 is 0 Å². The molecule has 7 nitrogen and oxygen atoms in total. The molecule has 0 saturated heterocycles. The van der Waals surface area contributed by atoms with Gasteiger partial charge >= 0.3 is 0 Å². The fourth-order valence-electron chi connectivity index (χ4n) is 3.11. The van der Waals surface area contributed by atoms with E-state index in [9.17, 15) is 10.1 Å². The summed E-state index contributed by atoms with van der Waals surface area (Å²) in [6.45, 7) is 5.59. The van der Waals surface area contributed by atoms with Gasteiger partial charge in [-0.05, 0) is 38.5 Å². The molecule has 0 saturated carbocycles. The second-order valence-electron chi connectivity index (χ2n) is 6.46. The highest BCUT2D eigenvalue weighted by atomic mass is 32.2. The van der Waals surface area contributed by atoms with Crippen LogP contribution in [0.25, 0.3) is 16.6 Å². The summed E-state index contributed by atoms with van der Waals surface area (Å²) in [6, 6.07) is 12.1. The zero-order valence-corrected chi connectivity index (χ0v) is 16.4. The second kappa shape index (κ2) is 7.02. The Balaban J connectivity index is 1.58. The molecule has 0 aliphatic carbocycles. The number of fused-ring (bicyclic) bond motifs is 3. The van der Waals surface area contributed by atoms with Crippen LogP contribution in [0.5, 0.6) is 0 Å². The summed E-state index contributed by atoms with van der Waals surface area (Å²) in [5, 5.41) is 22.1. The number of furan rings is 1. The van der Waals surface area contributed by atoms with Gasteiger partial charge in [0.05, 0.1) is 11.3 Å². The molecule has 1 aromatic carbocycles. The van der Waals surface area contributed by atoms with Crippen molar-refractivity contribution >= 4 is 40.1 Å². The van der Waals surface area contributed by atoms with Gasteiger partial charge in [0.25, 0.3) is 0 Å². The summed E-state index contributed by atoms with van der Waals surface area (Å²) >= 11 is 1.28. The van der Waals surface area contributed by atoms with Crippen molar-refractivity contribution in [2.24, 2.45) is 0 Å². The Labute approximate surface area is 165 Å². The van der Waals surface area contributed by atoms with Crippen molar-refractivity contribution in [3.05, 3.63) is 52.8 Å². The summed E-state index contributed by atoms with van der Waals surface area (Å²) in [5.74, 6) is 0.649. The summed E-state index contributed by atoms with van der Waals surface area (Å²) in [7, 11) is 0. The maximum atomic E-state index is 12.4. The molecule has 1 amide bonds. The smallest absolute Gasteiger partial charge is 0.237 e. The fourth-order valence-corrected chi connectivity index (χ4v) is 3.86. The first-order valence-electron chi connectivity index (χ1n) is 8.66. The van der Waals surface area contributed by atoms with Crippen LogP contribution in [0, 0.1) is 32.1 Å². The Morgan fingerprint density at radius 3 is 2.86 bits per heavy atom. The third kappa shape index (κ3) is 3.00. The Kier molecular flexibility index (Phi) is 4.53. The third-order valence-corrected chi connectivity index (χ3v) is 5.59. The lowest BCUT2D eigenvalue weighted by atomic mass is 10.1. The number of aromatic nitrogens is 3. The van der Waals surface area contributed by atoms with Gasteiger partial charge in [-0.3, -0.25) is 14.5 Å². The lowest BCUT2D eigenvalue weighted by Gasteiger charge is -2.07. The van der Waals surface area contributed by atoms with Crippen LogP contribution in [-0.2, 0) is 4.79 Å². The molecule has 4 rings (SSSR count). The highest BCUT2D eigenvalue weighted by Gasteiger charge is 2.18. The summed E-state index contributed by atoms with van der Waals surface area (Å²) in [5.41, 5.74) is 3.94. The first-order chi connectivity index (χ1) is 13.5. The Morgan fingerprint density at radius 1 is 1.29 bits per heavy atom. The highest BCUT2D eigenvalue weighted by molar-refractivity contribution is 7.99. The van der Waals surface area contributed by atoms with Crippen molar-refractivity contribution < 1.29 is 9.21 Å². The minimum Gasteiger partial charge on any atom is -0.444 e. The van der Waals surface area contributed by atoms with Gasteiger partial charge in [0.1, 0.15) is 17.4 Å². The zero-order valence-electron chi connectivity index (χ0n) is 15.6. The Bertz CT molecular complexity index is 1270. The van der Waals surface area contributed by atoms with Gasteiger partial charge in [-0.1, -0.05) is 30.0 Å². The Hall–Kier alpha value is -3.31. The Morgan fingerprint density at radius 2 is 2.07 bits per heavy atom. The van der Waals surface area contributed by atoms with Crippen LogP contribution in [0.4, 0.5) is 5.88 Å². The minimum atomic E-state index is -0.275. The number of anilines is 1. The number of para-hydroxylation sites is 1. The van der Waals surface area contributed by atoms with Crippen LogP contribution in [0.1, 0.15) is 22.5 Å². The normalized spacial score (nSPS) is 11.1. The number of carbonyl (C=O) groups is 1. The van der Waals surface area contributed by atoms with Crippen molar-refractivity contribution in [3.63, 3.8) is 0 Å². The average molecular weight is 391 g/mol. The van der Waals surface area contributed by atoms with E-state index in [1.807, 2.05) is 35.6 Å². The molecule has 0 radical (unpaired) electrons. The van der Waals surface area contributed by atoms with Crippen molar-refractivity contribution in [1.29, 1.82) is 5.26 Å². The summed E-state index contributed by atoms with van der Waals surface area (Å²) in [4.78, 5) is 12.4. The number of aryl methyl sites for hydroxylation is 2. The number of benzene rings is 1. The van der Waals surface area contributed by atoms with E-state index in [2.05, 4.69) is 27.6 Å². The number of amides is 1. The first kappa shape index (κ1) is 18.1. The number of hydrogen-bond acceptors (Lipinski definition) is 6. The fraction of sp³-hybridized carbons (Fsp3) is 0.200. The van der Waals surface area contributed by atoms with Crippen LogP contribution >= 0.6 is 11.8 Å². The highest BCUT2D eigenvalue weighted by Crippen LogP contribution is 2.27. The molecule has 3 heterocycles. The molecule has 0 spiro atoms. The van der Waals surface area contributed by atoms with Crippen LogP contribution in [0.15, 0.2) is 39.9 Å². The van der Waals surface area contributed by atoms with E-state index in [4.69, 9.17) is 4.42 Å². The number of pyridine rings is 1. The van der Waals surface area contributed by atoms with Gasteiger partial charge in [0, 0.05) is 10.9 Å². The average Bonchev–Trinajstić information content (AvgIpc) is 3.21. The minimum absolute atomic E-state index is 0.118. The molecule has 4 aromatic rings. The van der Waals surface area contributed by atoms with Gasteiger partial charge in [-0.15, -0.1) is 10.2 Å². The van der Waals surface area contributed by atoms with Crippen LogP contribution in [0.3, 0.4) is 0 Å². The molecule has 0 aliphatic heterocycles. The standard InChI is InChI=1S/C20H17N5O2S/c1-11-8-17-23-24-20(25(17)16-7-5-4-6-14(11)16)28-10-18(26)22-19-15(9-21)12(2)13(3)27-19/h4-8H,10H2,1-3H3,(H,22,26). The van der Waals surface area contributed by atoms with Crippen LogP contribution in [0.2, 0.25) is 0 Å². The van der Waals surface area contributed by atoms with Crippen molar-refractivity contribution in [1.82, 2.24) is 14.6 Å². The molecule has 0 unspecified atom stereocenters. The van der Waals surface area contributed by atoms with E-state index in [-0.39, 0.29) is 17.5 Å². The van der Waals surface area contributed by atoms with E-state index in [1.165, 1.54) is 11.8 Å². The largest absolute Gasteiger partial charge is 0.444 e. The maximum Gasteiger partial charge on any atom is 0.237 e. The molecular weight excluding hydrogens is 374 g/mol. The number of carbonyl (C=O) groups excluding carboxylic acids is 1. The molecule has 8 heteroatoms.